The Morgan fingerprint density at radius 2 is 2.70 bits per heavy atom. The molecule has 1 radical (unpaired) electrons. The molecule has 0 bridgehead atoms. The molecule has 1 aliphatic rings. The molecule has 1 fully saturated rings. The average Bonchev–Trinajstić information content (AvgIpc) is 2.32. The van der Waals surface area contributed by atoms with Crippen molar-refractivity contribution in [3.63, 3.8) is 0 Å². The van der Waals surface area contributed by atoms with Crippen LogP contribution in [0.4, 0.5) is 4.39 Å². The third kappa shape index (κ3) is 0.981. The third-order valence-electron chi connectivity index (χ3n) is 1.56. The number of nitrogens with one attached hydrogen (secondary N) is 1. The maximum atomic E-state index is 13.2. The molecule has 3 nitrogen and oxygen atoms in total. The zero-order valence-corrected chi connectivity index (χ0v) is 5.60. The monoisotopic (exact) mass is 143 g/mol. The predicted molar refractivity (Wildman–Crippen MR) is 32.3 cm³/mol. The number of hydrogen-bond donors (Lipinski definition) is 1. The molecule has 0 aromatic rings. The lowest BCUT2D eigenvalue weighted by atomic mass is 10.1. The Bertz CT molecular complexity index is 168. The molecule has 1 saturated heterocycles. The van der Waals surface area contributed by atoms with Crippen molar-refractivity contribution in [1.82, 2.24) is 5.32 Å². The van der Waals surface area contributed by atoms with Gasteiger partial charge in [0, 0.05) is 20.1 Å². The first-order chi connectivity index (χ1) is 4.73. The number of nitriles is 1. The van der Waals surface area contributed by atoms with Crippen molar-refractivity contribution < 1.29 is 9.13 Å². The van der Waals surface area contributed by atoms with Crippen LogP contribution in [0.2, 0.25) is 0 Å². The molecular formula is C6H8FN2O. The molecule has 0 aromatic carbocycles. The summed E-state index contributed by atoms with van der Waals surface area (Å²) in [5.74, 6) is -1.82. The van der Waals surface area contributed by atoms with E-state index in [1.807, 2.05) is 0 Å². The zero-order chi connectivity index (χ0) is 7.61. The third-order valence-corrected chi connectivity index (χ3v) is 1.56. The minimum atomic E-state index is -1.82. The maximum Gasteiger partial charge on any atom is 0.239 e. The summed E-state index contributed by atoms with van der Waals surface area (Å²) in [5, 5.41) is 10.9. The van der Waals surface area contributed by atoms with Crippen LogP contribution >= 0.6 is 0 Å². The van der Waals surface area contributed by atoms with Gasteiger partial charge < -0.3 is 4.74 Å². The molecule has 0 aromatic heterocycles. The molecule has 1 heterocycles. The van der Waals surface area contributed by atoms with E-state index in [4.69, 9.17) is 5.26 Å². The van der Waals surface area contributed by atoms with Gasteiger partial charge in [-0.15, -0.1) is 0 Å². The lowest BCUT2D eigenvalue weighted by molar-refractivity contribution is -0.116. The van der Waals surface area contributed by atoms with Crippen LogP contribution in [0.15, 0.2) is 0 Å². The number of nitrogens with zero attached hydrogens (tertiary/aromatic N) is 1. The molecule has 10 heavy (non-hydrogen) atoms. The molecule has 0 spiro atoms. The Hall–Kier alpha value is -0.660. The standard InChI is InChI=1S/C6H8FN2O/c1-10-6(7)2-3-9-5(6)4-8/h3,5,9H,2H2,1H3. The highest BCUT2D eigenvalue weighted by Crippen LogP contribution is 2.27. The van der Waals surface area contributed by atoms with E-state index in [1.54, 1.807) is 6.07 Å². The van der Waals surface area contributed by atoms with Crippen molar-refractivity contribution in [2.45, 2.75) is 18.3 Å². The largest absolute Gasteiger partial charge is 0.347 e. The van der Waals surface area contributed by atoms with Gasteiger partial charge >= 0.3 is 0 Å². The summed E-state index contributed by atoms with van der Waals surface area (Å²) >= 11 is 0. The summed E-state index contributed by atoms with van der Waals surface area (Å²) < 4.78 is 17.7. The van der Waals surface area contributed by atoms with E-state index in [0.717, 1.165) is 0 Å². The van der Waals surface area contributed by atoms with Crippen LogP contribution in [0.25, 0.3) is 0 Å². The van der Waals surface area contributed by atoms with Crippen LogP contribution in [0.3, 0.4) is 0 Å². The summed E-state index contributed by atoms with van der Waals surface area (Å²) in [4.78, 5) is 0. The molecule has 2 atom stereocenters. The van der Waals surface area contributed by atoms with Crippen LogP contribution < -0.4 is 5.32 Å². The Labute approximate surface area is 58.8 Å². The number of hydrogen-bond acceptors (Lipinski definition) is 3. The SMILES string of the molecule is COC1(F)C[CH]NC1C#N. The molecule has 2 unspecified atom stereocenters. The van der Waals surface area contributed by atoms with E-state index < -0.39 is 11.9 Å². The van der Waals surface area contributed by atoms with Gasteiger partial charge in [0.15, 0.2) is 6.04 Å². The second-order valence-electron chi connectivity index (χ2n) is 2.13. The van der Waals surface area contributed by atoms with E-state index in [9.17, 15) is 4.39 Å². The molecule has 0 saturated carbocycles. The molecule has 1 aliphatic heterocycles. The fourth-order valence-electron chi connectivity index (χ4n) is 0.893. The van der Waals surface area contributed by atoms with Gasteiger partial charge in [-0.1, -0.05) is 0 Å². The van der Waals surface area contributed by atoms with Crippen molar-refractivity contribution in [3.05, 3.63) is 6.54 Å². The quantitative estimate of drug-likeness (QED) is 0.576. The first-order valence-corrected chi connectivity index (χ1v) is 2.94. The van der Waals surface area contributed by atoms with Crippen LogP contribution in [0.1, 0.15) is 6.42 Å². The minimum Gasteiger partial charge on any atom is -0.347 e. The van der Waals surface area contributed by atoms with Gasteiger partial charge in [0.2, 0.25) is 5.85 Å². The Morgan fingerprint density at radius 1 is 2.00 bits per heavy atom. The summed E-state index contributed by atoms with van der Waals surface area (Å²) in [5.41, 5.74) is 0. The lowest BCUT2D eigenvalue weighted by Gasteiger charge is -2.19. The molecule has 0 aliphatic carbocycles. The summed E-state index contributed by atoms with van der Waals surface area (Å²) in [6.45, 7) is 1.50. The molecule has 4 heteroatoms. The van der Waals surface area contributed by atoms with Crippen molar-refractivity contribution >= 4 is 0 Å². The second-order valence-corrected chi connectivity index (χ2v) is 2.13. The highest BCUT2D eigenvalue weighted by molar-refractivity contribution is 5.08. The van der Waals surface area contributed by atoms with Gasteiger partial charge in [-0.25, -0.2) is 4.39 Å². The number of alkyl halides is 1. The van der Waals surface area contributed by atoms with Crippen LogP contribution in [-0.2, 0) is 4.74 Å². The maximum absolute atomic E-state index is 13.2. The first-order valence-electron chi connectivity index (χ1n) is 2.94. The van der Waals surface area contributed by atoms with Crippen molar-refractivity contribution in [2.75, 3.05) is 7.11 Å². The van der Waals surface area contributed by atoms with E-state index in [1.165, 1.54) is 13.7 Å². The van der Waals surface area contributed by atoms with Crippen molar-refractivity contribution in [3.8, 4) is 6.07 Å². The second kappa shape index (κ2) is 2.52. The van der Waals surface area contributed by atoms with Gasteiger partial charge in [0.25, 0.3) is 0 Å². The summed E-state index contributed by atoms with van der Waals surface area (Å²) in [6.07, 6.45) is 0.127. The fraction of sp³-hybridized carbons (Fsp3) is 0.667. The summed E-state index contributed by atoms with van der Waals surface area (Å²) in [6, 6.07) is 0.900. The van der Waals surface area contributed by atoms with E-state index >= 15 is 0 Å². The molecule has 0 amide bonds. The van der Waals surface area contributed by atoms with Crippen molar-refractivity contribution in [2.24, 2.45) is 0 Å². The predicted octanol–water partition coefficient (Wildman–Crippen LogP) is 0.346. The van der Waals surface area contributed by atoms with Gasteiger partial charge in [0.1, 0.15) is 0 Å². The molecular weight excluding hydrogens is 135 g/mol. The van der Waals surface area contributed by atoms with Gasteiger partial charge in [-0.3, -0.25) is 5.32 Å². The van der Waals surface area contributed by atoms with Crippen LogP contribution in [0.5, 0.6) is 0 Å². The average molecular weight is 143 g/mol. The van der Waals surface area contributed by atoms with E-state index in [2.05, 4.69) is 10.1 Å². The zero-order valence-electron chi connectivity index (χ0n) is 5.60. The molecule has 55 valence electrons. The normalized spacial score (nSPS) is 39.5. The Kier molecular flexibility index (Phi) is 1.88. The van der Waals surface area contributed by atoms with Crippen molar-refractivity contribution in [1.29, 1.82) is 5.26 Å². The van der Waals surface area contributed by atoms with E-state index in [-0.39, 0.29) is 6.42 Å². The number of rotatable bonds is 1. The van der Waals surface area contributed by atoms with Gasteiger partial charge in [-0.2, -0.15) is 5.26 Å². The highest BCUT2D eigenvalue weighted by atomic mass is 19.2. The minimum absolute atomic E-state index is 0.127. The Morgan fingerprint density at radius 3 is 3.10 bits per heavy atom. The van der Waals surface area contributed by atoms with Gasteiger partial charge in [-0.05, 0) is 0 Å². The topological polar surface area (TPSA) is 45.0 Å². The highest BCUT2D eigenvalue weighted by Gasteiger charge is 2.44. The smallest absolute Gasteiger partial charge is 0.239 e. The fourth-order valence-corrected chi connectivity index (χ4v) is 0.893. The van der Waals surface area contributed by atoms with Crippen LogP contribution in [-0.4, -0.2) is 19.0 Å². The summed E-state index contributed by atoms with van der Waals surface area (Å²) in [7, 11) is 1.26. The first kappa shape index (κ1) is 7.45. The molecule has 1 rings (SSSR count). The Balaban J connectivity index is 2.67. The number of methoxy groups -OCH3 is 1. The lowest BCUT2D eigenvalue weighted by Crippen LogP contribution is -2.38. The number of halogens is 1. The molecule has 1 N–H and O–H groups in total. The van der Waals surface area contributed by atoms with E-state index in [0.29, 0.717) is 0 Å². The number of ether oxygens (including phenoxy) is 1. The van der Waals surface area contributed by atoms with Gasteiger partial charge in [0.05, 0.1) is 6.07 Å². The van der Waals surface area contributed by atoms with Crippen LogP contribution in [0, 0.1) is 17.9 Å².